The fraction of sp³-hybridized carbons (Fsp3) is 0.400. The summed E-state index contributed by atoms with van der Waals surface area (Å²) in [6.45, 7) is 5.30. The van der Waals surface area contributed by atoms with Gasteiger partial charge in [-0.25, -0.2) is 4.98 Å². The number of imidazole rings is 1. The lowest BCUT2D eigenvalue weighted by Crippen LogP contribution is -2.35. The Labute approximate surface area is 173 Å². The van der Waals surface area contributed by atoms with Crippen LogP contribution in [-0.2, 0) is 17.7 Å². The SMILES string of the molecule is Cc1ccccc1-c1cn2c(n1)C(OC1CCN(C)CC1)c1ccccc1CC2. The summed E-state index contributed by atoms with van der Waals surface area (Å²) in [6, 6.07) is 17.2. The molecule has 0 spiro atoms. The Bertz CT molecular complexity index is 1000. The minimum absolute atomic E-state index is 0.0973. The van der Waals surface area contributed by atoms with Crippen molar-refractivity contribution in [2.75, 3.05) is 20.1 Å². The first kappa shape index (κ1) is 18.6. The zero-order chi connectivity index (χ0) is 19.8. The van der Waals surface area contributed by atoms with Gasteiger partial charge in [-0.05, 0) is 49.9 Å². The molecule has 150 valence electrons. The molecule has 1 saturated heterocycles. The van der Waals surface area contributed by atoms with Crippen molar-refractivity contribution >= 4 is 0 Å². The van der Waals surface area contributed by atoms with Crippen LogP contribution >= 0.6 is 0 Å². The molecule has 1 atom stereocenters. The van der Waals surface area contributed by atoms with Crippen LogP contribution in [0.15, 0.2) is 54.7 Å². The van der Waals surface area contributed by atoms with Crippen molar-refractivity contribution in [2.45, 2.75) is 44.9 Å². The van der Waals surface area contributed by atoms with Crippen molar-refractivity contribution in [1.82, 2.24) is 14.5 Å². The average Bonchev–Trinajstić information content (AvgIpc) is 3.10. The second-order valence-corrected chi connectivity index (χ2v) is 8.46. The van der Waals surface area contributed by atoms with Gasteiger partial charge in [0, 0.05) is 31.4 Å². The number of aromatic nitrogens is 2. The molecular weight excluding hydrogens is 358 g/mol. The molecule has 0 saturated carbocycles. The topological polar surface area (TPSA) is 30.3 Å². The van der Waals surface area contributed by atoms with E-state index in [1.165, 1.54) is 22.3 Å². The second kappa shape index (κ2) is 7.77. The zero-order valence-corrected chi connectivity index (χ0v) is 17.3. The highest BCUT2D eigenvalue weighted by Gasteiger charge is 2.30. The predicted molar refractivity (Wildman–Crippen MR) is 116 cm³/mol. The van der Waals surface area contributed by atoms with E-state index in [0.29, 0.717) is 0 Å². The van der Waals surface area contributed by atoms with Gasteiger partial charge in [-0.1, -0.05) is 48.5 Å². The van der Waals surface area contributed by atoms with Crippen LogP contribution in [0.4, 0.5) is 0 Å². The fourth-order valence-electron chi connectivity index (χ4n) is 4.65. The summed E-state index contributed by atoms with van der Waals surface area (Å²) in [7, 11) is 2.19. The Hall–Kier alpha value is -2.43. The maximum absolute atomic E-state index is 6.78. The van der Waals surface area contributed by atoms with Gasteiger partial charge in [0.1, 0.15) is 11.9 Å². The summed E-state index contributed by atoms with van der Waals surface area (Å²) >= 11 is 0. The highest BCUT2D eigenvalue weighted by molar-refractivity contribution is 5.63. The van der Waals surface area contributed by atoms with Crippen molar-refractivity contribution in [1.29, 1.82) is 0 Å². The lowest BCUT2D eigenvalue weighted by atomic mass is 9.99. The zero-order valence-electron chi connectivity index (χ0n) is 17.3. The number of piperidine rings is 1. The van der Waals surface area contributed by atoms with Crippen LogP contribution in [0.1, 0.15) is 41.5 Å². The highest BCUT2D eigenvalue weighted by Crippen LogP contribution is 2.36. The highest BCUT2D eigenvalue weighted by atomic mass is 16.5. The molecule has 4 heteroatoms. The Balaban J connectivity index is 1.55. The molecule has 29 heavy (non-hydrogen) atoms. The van der Waals surface area contributed by atoms with Gasteiger partial charge < -0.3 is 14.2 Å². The first-order valence-electron chi connectivity index (χ1n) is 10.7. The number of nitrogens with zero attached hydrogens (tertiary/aromatic N) is 3. The van der Waals surface area contributed by atoms with Gasteiger partial charge in [0.25, 0.3) is 0 Å². The van der Waals surface area contributed by atoms with E-state index in [9.17, 15) is 0 Å². The monoisotopic (exact) mass is 387 g/mol. The number of benzene rings is 2. The molecule has 0 aliphatic carbocycles. The molecule has 4 nitrogen and oxygen atoms in total. The summed E-state index contributed by atoms with van der Waals surface area (Å²) in [5, 5.41) is 0. The first-order valence-corrected chi connectivity index (χ1v) is 10.7. The van der Waals surface area contributed by atoms with Crippen LogP contribution in [0, 0.1) is 6.92 Å². The Kier molecular flexibility index (Phi) is 4.98. The van der Waals surface area contributed by atoms with E-state index in [0.717, 1.165) is 50.4 Å². The molecule has 0 bridgehead atoms. The van der Waals surface area contributed by atoms with E-state index in [-0.39, 0.29) is 12.2 Å². The number of rotatable bonds is 3. The lowest BCUT2D eigenvalue weighted by Gasteiger charge is -2.32. The van der Waals surface area contributed by atoms with Crippen molar-refractivity contribution in [3.8, 4) is 11.3 Å². The molecule has 1 aromatic heterocycles. The number of fused-ring (bicyclic) bond motifs is 2. The average molecular weight is 388 g/mol. The van der Waals surface area contributed by atoms with Crippen molar-refractivity contribution in [3.63, 3.8) is 0 Å². The number of ether oxygens (including phenoxy) is 1. The minimum Gasteiger partial charge on any atom is -0.362 e. The smallest absolute Gasteiger partial charge is 0.143 e. The molecule has 0 N–H and O–H groups in total. The number of hydrogen-bond acceptors (Lipinski definition) is 3. The van der Waals surface area contributed by atoms with Gasteiger partial charge in [0.15, 0.2) is 0 Å². The van der Waals surface area contributed by atoms with Crippen LogP contribution in [0.3, 0.4) is 0 Å². The normalized spacial score (nSPS) is 20.1. The Morgan fingerprint density at radius 2 is 1.72 bits per heavy atom. The molecular formula is C25H29N3O. The molecule has 1 fully saturated rings. The summed E-state index contributed by atoms with van der Waals surface area (Å²) in [4.78, 5) is 7.52. The van der Waals surface area contributed by atoms with Crippen LogP contribution in [0.2, 0.25) is 0 Å². The fourth-order valence-corrected chi connectivity index (χ4v) is 4.65. The number of likely N-dealkylation sites (tertiary alicyclic amines) is 1. The van der Waals surface area contributed by atoms with Crippen LogP contribution in [0.25, 0.3) is 11.3 Å². The molecule has 3 aromatic rings. The Morgan fingerprint density at radius 3 is 2.55 bits per heavy atom. The van der Waals surface area contributed by atoms with Gasteiger partial charge in [0.2, 0.25) is 0 Å². The van der Waals surface area contributed by atoms with Gasteiger partial charge in [0.05, 0.1) is 11.8 Å². The molecule has 5 rings (SSSR count). The largest absolute Gasteiger partial charge is 0.362 e. The van der Waals surface area contributed by atoms with E-state index in [1.807, 2.05) is 0 Å². The molecule has 3 heterocycles. The van der Waals surface area contributed by atoms with Gasteiger partial charge in [-0.2, -0.15) is 0 Å². The van der Waals surface area contributed by atoms with E-state index in [2.05, 4.69) is 78.2 Å². The summed E-state index contributed by atoms with van der Waals surface area (Å²) in [5.74, 6) is 1.05. The van der Waals surface area contributed by atoms with E-state index in [1.54, 1.807) is 0 Å². The molecule has 2 aliphatic rings. The first-order chi connectivity index (χ1) is 14.2. The molecule has 1 unspecified atom stereocenters. The van der Waals surface area contributed by atoms with Crippen LogP contribution in [-0.4, -0.2) is 40.7 Å². The number of aryl methyl sites for hydroxylation is 3. The van der Waals surface area contributed by atoms with Gasteiger partial charge >= 0.3 is 0 Å². The Morgan fingerprint density at radius 1 is 0.966 bits per heavy atom. The molecule has 0 amide bonds. The third-order valence-corrected chi connectivity index (χ3v) is 6.42. The van der Waals surface area contributed by atoms with Crippen LogP contribution < -0.4 is 0 Å². The summed E-state index contributed by atoms with van der Waals surface area (Å²) in [6.07, 6.45) is 5.59. The third-order valence-electron chi connectivity index (χ3n) is 6.42. The summed E-state index contributed by atoms with van der Waals surface area (Å²) in [5.41, 5.74) is 6.18. The third kappa shape index (κ3) is 3.63. The van der Waals surface area contributed by atoms with E-state index < -0.39 is 0 Å². The minimum atomic E-state index is -0.0973. The van der Waals surface area contributed by atoms with E-state index >= 15 is 0 Å². The lowest BCUT2D eigenvalue weighted by molar-refractivity contribution is -0.0275. The van der Waals surface area contributed by atoms with Gasteiger partial charge in [-0.3, -0.25) is 0 Å². The van der Waals surface area contributed by atoms with Crippen LogP contribution in [0.5, 0.6) is 0 Å². The maximum Gasteiger partial charge on any atom is 0.143 e. The maximum atomic E-state index is 6.78. The van der Waals surface area contributed by atoms with Crippen molar-refractivity contribution in [2.24, 2.45) is 0 Å². The van der Waals surface area contributed by atoms with Gasteiger partial charge in [-0.15, -0.1) is 0 Å². The molecule has 2 aromatic carbocycles. The van der Waals surface area contributed by atoms with Crippen molar-refractivity contribution < 1.29 is 4.74 Å². The quantitative estimate of drug-likeness (QED) is 0.657. The van der Waals surface area contributed by atoms with Crippen molar-refractivity contribution in [3.05, 3.63) is 77.2 Å². The molecule has 2 aliphatic heterocycles. The van der Waals surface area contributed by atoms with E-state index in [4.69, 9.17) is 9.72 Å². The standard InChI is InChI=1S/C25H29N3O/c1-18-7-3-5-9-21(18)23-17-28-16-11-19-8-4-6-10-22(19)24(25(28)26-23)29-20-12-14-27(2)15-13-20/h3-10,17,20,24H,11-16H2,1-2H3. The summed E-state index contributed by atoms with van der Waals surface area (Å²) < 4.78 is 9.10. The number of hydrogen-bond donors (Lipinski definition) is 0. The predicted octanol–water partition coefficient (Wildman–Crippen LogP) is 4.61. The second-order valence-electron chi connectivity index (χ2n) is 8.46. The molecule has 0 radical (unpaired) electrons.